The van der Waals surface area contributed by atoms with Gasteiger partial charge in [-0.25, -0.2) is 9.97 Å². The van der Waals surface area contributed by atoms with E-state index in [-0.39, 0.29) is 16.9 Å². The standard InChI is InChI=1S/C25H26N4O2S/c1-25(2,3)17-13-11-16(12-14-17)20-15-32-24(27-20)29-22(30)10-6-9-21-26-19-8-5-4-7-18(19)23(31)28-21/h4-5,7-8,11-15H,6,9-10H2,1-3H3,(H,26,28,31)(H,27,29,30). The first-order valence-electron chi connectivity index (χ1n) is 10.6. The van der Waals surface area contributed by atoms with Gasteiger partial charge in [0.25, 0.3) is 5.56 Å². The number of carbonyl (C=O) groups is 1. The number of aromatic nitrogens is 3. The van der Waals surface area contributed by atoms with Crippen molar-refractivity contribution in [2.75, 3.05) is 5.32 Å². The summed E-state index contributed by atoms with van der Waals surface area (Å²) in [4.78, 5) is 36.3. The first-order chi connectivity index (χ1) is 15.3. The van der Waals surface area contributed by atoms with Crippen LogP contribution in [0.5, 0.6) is 0 Å². The molecule has 0 radical (unpaired) electrons. The Morgan fingerprint density at radius 2 is 1.81 bits per heavy atom. The van der Waals surface area contributed by atoms with Crippen molar-refractivity contribution in [3.63, 3.8) is 0 Å². The van der Waals surface area contributed by atoms with Crippen molar-refractivity contribution in [3.05, 3.63) is 75.7 Å². The Kier molecular flexibility index (Phi) is 6.19. The third kappa shape index (κ3) is 5.11. The van der Waals surface area contributed by atoms with Crippen LogP contribution < -0.4 is 10.9 Å². The van der Waals surface area contributed by atoms with Crippen LogP contribution in [0.4, 0.5) is 5.13 Å². The van der Waals surface area contributed by atoms with Crippen molar-refractivity contribution in [3.8, 4) is 11.3 Å². The molecule has 0 aliphatic carbocycles. The smallest absolute Gasteiger partial charge is 0.258 e. The second-order valence-corrected chi connectivity index (χ2v) is 9.65. The lowest BCUT2D eigenvalue weighted by Gasteiger charge is -2.18. The summed E-state index contributed by atoms with van der Waals surface area (Å²) in [6.07, 6.45) is 1.43. The minimum Gasteiger partial charge on any atom is -0.310 e. The molecule has 32 heavy (non-hydrogen) atoms. The highest BCUT2D eigenvalue weighted by Gasteiger charge is 2.14. The molecule has 6 nitrogen and oxygen atoms in total. The van der Waals surface area contributed by atoms with Crippen LogP contribution in [0.15, 0.2) is 58.7 Å². The van der Waals surface area contributed by atoms with E-state index in [2.05, 4.69) is 65.3 Å². The third-order valence-corrected chi connectivity index (χ3v) is 6.03. The fraction of sp³-hybridized carbons (Fsp3) is 0.280. The fourth-order valence-corrected chi connectivity index (χ4v) is 4.19. The average Bonchev–Trinajstić information content (AvgIpc) is 3.22. The summed E-state index contributed by atoms with van der Waals surface area (Å²) in [6, 6.07) is 15.6. The first-order valence-corrected chi connectivity index (χ1v) is 11.5. The number of H-pyrrole nitrogens is 1. The van der Waals surface area contributed by atoms with Crippen molar-refractivity contribution in [1.29, 1.82) is 0 Å². The van der Waals surface area contributed by atoms with Gasteiger partial charge in [0.15, 0.2) is 5.13 Å². The molecule has 2 N–H and O–H groups in total. The predicted molar refractivity (Wildman–Crippen MR) is 130 cm³/mol. The van der Waals surface area contributed by atoms with Crippen LogP contribution in [-0.4, -0.2) is 20.9 Å². The molecule has 0 bridgehead atoms. The van der Waals surface area contributed by atoms with E-state index in [1.807, 2.05) is 23.6 Å². The van der Waals surface area contributed by atoms with E-state index in [9.17, 15) is 9.59 Å². The number of benzene rings is 2. The van der Waals surface area contributed by atoms with E-state index < -0.39 is 0 Å². The Morgan fingerprint density at radius 3 is 2.56 bits per heavy atom. The number of hydrogen-bond donors (Lipinski definition) is 2. The van der Waals surface area contributed by atoms with E-state index in [1.165, 1.54) is 16.9 Å². The summed E-state index contributed by atoms with van der Waals surface area (Å²) in [6.45, 7) is 6.56. The Balaban J connectivity index is 1.32. The average molecular weight is 447 g/mol. The summed E-state index contributed by atoms with van der Waals surface area (Å²) in [5, 5.41) is 5.98. The monoisotopic (exact) mass is 446 g/mol. The highest BCUT2D eigenvalue weighted by atomic mass is 32.1. The van der Waals surface area contributed by atoms with Crippen molar-refractivity contribution in [2.24, 2.45) is 0 Å². The molecule has 4 rings (SSSR count). The minimum atomic E-state index is -0.152. The molecule has 2 aromatic carbocycles. The lowest BCUT2D eigenvalue weighted by molar-refractivity contribution is -0.116. The maximum absolute atomic E-state index is 12.3. The molecule has 2 heterocycles. The molecule has 1 amide bonds. The second kappa shape index (κ2) is 9.04. The van der Waals surface area contributed by atoms with Crippen molar-refractivity contribution in [1.82, 2.24) is 15.0 Å². The Bertz CT molecular complexity index is 1300. The quantitative estimate of drug-likeness (QED) is 0.420. The normalized spacial score (nSPS) is 11.6. The second-order valence-electron chi connectivity index (χ2n) is 8.80. The summed E-state index contributed by atoms with van der Waals surface area (Å²) in [5.74, 6) is 0.494. The molecule has 0 aliphatic rings. The van der Waals surface area contributed by atoms with Crippen molar-refractivity contribution >= 4 is 33.3 Å². The van der Waals surface area contributed by atoms with Gasteiger partial charge < -0.3 is 10.3 Å². The van der Waals surface area contributed by atoms with Gasteiger partial charge in [0.1, 0.15) is 5.82 Å². The number of para-hydroxylation sites is 1. The van der Waals surface area contributed by atoms with Crippen LogP contribution in [0, 0.1) is 0 Å². The van der Waals surface area contributed by atoms with Crippen LogP contribution in [0.1, 0.15) is 45.0 Å². The highest BCUT2D eigenvalue weighted by molar-refractivity contribution is 7.14. The van der Waals surface area contributed by atoms with Crippen molar-refractivity contribution in [2.45, 2.75) is 45.4 Å². The van der Waals surface area contributed by atoms with Crippen LogP contribution >= 0.6 is 11.3 Å². The number of amides is 1. The third-order valence-electron chi connectivity index (χ3n) is 5.28. The van der Waals surface area contributed by atoms with Gasteiger partial charge in [0.2, 0.25) is 5.91 Å². The van der Waals surface area contributed by atoms with Crippen LogP contribution in [0.3, 0.4) is 0 Å². The van der Waals surface area contributed by atoms with E-state index in [0.29, 0.717) is 41.1 Å². The number of fused-ring (bicyclic) bond motifs is 1. The van der Waals surface area contributed by atoms with E-state index in [0.717, 1.165) is 11.3 Å². The number of rotatable bonds is 6. The van der Waals surface area contributed by atoms with Crippen LogP contribution in [0.25, 0.3) is 22.2 Å². The largest absolute Gasteiger partial charge is 0.310 e. The van der Waals surface area contributed by atoms with Gasteiger partial charge in [-0.3, -0.25) is 9.59 Å². The zero-order valence-corrected chi connectivity index (χ0v) is 19.3. The zero-order valence-electron chi connectivity index (χ0n) is 18.4. The molecule has 164 valence electrons. The zero-order chi connectivity index (χ0) is 22.7. The Morgan fingerprint density at radius 1 is 1.06 bits per heavy atom. The molecule has 0 aliphatic heterocycles. The van der Waals surface area contributed by atoms with Gasteiger partial charge in [-0.2, -0.15) is 0 Å². The SMILES string of the molecule is CC(C)(C)c1ccc(-c2csc(NC(=O)CCCc3nc4ccccc4c(=O)[nH]3)n2)cc1. The molecule has 7 heteroatoms. The van der Waals surface area contributed by atoms with Gasteiger partial charge in [0.05, 0.1) is 16.6 Å². The Labute approximate surface area is 190 Å². The number of anilines is 1. The van der Waals surface area contributed by atoms with Gasteiger partial charge in [0, 0.05) is 23.8 Å². The molecule has 4 aromatic rings. The van der Waals surface area contributed by atoms with Gasteiger partial charge in [-0.05, 0) is 29.5 Å². The minimum absolute atomic E-state index is 0.0999. The van der Waals surface area contributed by atoms with E-state index in [1.54, 1.807) is 6.07 Å². The van der Waals surface area contributed by atoms with E-state index >= 15 is 0 Å². The number of hydrogen-bond acceptors (Lipinski definition) is 5. The maximum atomic E-state index is 12.3. The molecule has 0 saturated carbocycles. The van der Waals surface area contributed by atoms with Gasteiger partial charge in [-0.1, -0.05) is 57.2 Å². The first kappa shape index (κ1) is 21.9. The van der Waals surface area contributed by atoms with Crippen molar-refractivity contribution < 1.29 is 4.79 Å². The number of aromatic amines is 1. The number of carbonyl (C=O) groups excluding carboxylic acids is 1. The highest BCUT2D eigenvalue weighted by Crippen LogP contribution is 2.28. The number of nitrogens with zero attached hydrogens (tertiary/aromatic N) is 2. The molecular weight excluding hydrogens is 420 g/mol. The molecule has 0 unspecified atom stereocenters. The van der Waals surface area contributed by atoms with E-state index in [4.69, 9.17) is 0 Å². The lowest BCUT2D eigenvalue weighted by Crippen LogP contribution is -2.14. The summed E-state index contributed by atoms with van der Waals surface area (Å²) in [7, 11) is 0. The number of thiazole rings is 1. The predicted octanol–water partition coefficient (Wildman–Crippen LogP) is 5.31. The maximum Gasteiger partial charge on any atom is 0.258 e. The topological polar surface area (TPSA) is 87.7 Å². The molecule has 2 aromatic heterocycles. The molecule has 0 atom stereocenters. The molecule has 0 spiro atoms. The Hall–Kier alpha value is -3.32. The van der Waals surface area contributed by atoms with Crippen LogP contribution in [0.2, 0.25) is 0 Å². The molecule has 0 saturated heterocycles. The molecule has 0 fully saturated rings. The number of aryl methyl sites for hydroxylation is 1. The van der Waals surface area contributed by atoms with Crippen LogP contribution in [-0.2, 0) is 16.6 Å². The molecular formula is C25H26N4O2S. The summed E-state index contributed by atoms with van der Waals surface area (Å²) in [5.41, 5.74) is 3.77. The fourth-order valence-electron chi connectivity index (χ4n) is 3.46. The summed E-state index contributed by atoms with van der Waals surface area (Å²) >= 11 is 1.41. The van der Waals surface area contributed by atoms with Gasteiger partial charge >= 0.3 is 0 Å². The summed E-state index contributed by atoms with van der Waals surface area (Å²) < 4.78 is 0. The van der Waals surface area contributed by atoms with Gasteiger partial charge in [-0.15, -0.1) is 11.3 Å². The lowest BCUT2D eigenvalue weighted by atomic mass is 9.86. The number of nitrogens with one attached hydrogen (secondary N) is 2.